The molecule has 4 heterocycles. The third kappa shape index (κ3) is 2.92. The Kier molecular flexibility index (Phi) is 4.19. The zero-order valence-corrected chi connectivity index (χ0v) is 17.2. The highest BCUT2D eigenvalue weighted by atomic mass is 15.1. The van der Waals surface area contributed by atoms with Gasteiger partial charge in [-0.25, -0.2) is 15.0 Å². The van der Waals surface area contributed by atoms with Gasteiger partial charge in [-0.15, -0.1) is 5.10 Å². The Morgan fingerprint density at radius 1 is 0.938 bits per heavy atom. The van der Waals surface area contributed by atoms with Gasteiger partial charge in [-0.1, -0.05) is 6.07 Å². The normalized spacial score (nSPS) is 15.2. The van der Waals surface area contributed by atoms with Gasteiger partial charge in [0.2, 0.25) is 0 Å². The fourth-order valence-electron chi connectivity index (χ4n) is 4.35. The monoisotopic (exact) mass is 420 g/mol. The molecule has 0 aliphatic heterocycles. The Morgan fingerprint density at radius 2 is 1.84 bits per heavy atom. The van der Waals surface area contributed by atoms with E-state index in [-0.39, 0.29) is 6.04 Å². The number of nitrogens with two attached hydrogens (primary N) is 2. The molecule has 0 saturated carbocycles. The molecule has 156 valence electrons. The molecule has 0 unspecified atom stereocenters. The lowest BCUT2D eigenvalue weighted by Gasteiger charge is -2.13. The predicted molar refractivity (Wildman–Crippen MR) is 123 cm³/mol. The number of fused-ring (bicyclic) bond motifs is 2. The van der Waals surface area contributed by atoms with E-state index in [1.165, 1.54) is 11.1 Å². The standard InChI is InChI=1S/C24H20N8/c25-18-8-5-14-13-15(6-7-16(14)18)32-23(17-3-1-11-27-22(17)26)30-21-10-9-19(29-24(21)32)20-4-2-12-28-31-20/h1-4,6-7,9-13,18H,5,8,25H2,(H2,26,27)/t18-/m0/s1. The first-order valence-electron chi connectivity index (χ1n) is 10.5. The highest BCUT2D eigenvalue weighted by Crippen LogP contribution is 2.35. The van der Waals surface area contributed by atoms with Gasteiger partial charge >= 0.3 is 0 Å². The van der Waals surface area contributed by atoms with Crippen molar-refractivity contribution in [3.63, 3.8) is 0 Å². The van der Waals surface area contributed by atoms with E-state index in [0.29, 0.717) is 23.0 Å². The minimum atomic E-state index is 0.0911. The average Bonchev–Trinajstić information content (AvgIpc) is 3.39. The van der Waals surface area contributed by atoms with Crippen LogP contribution in [0.3, 0.4) is 0 Å². The molecule has 32 heavy (non-hydrogen) atoms. The molecule has 0 spiro atoms. The van der Waals surface area contributed by atoms with Crippen LogP contribution in [0, 0.1) is 0 Å². The van der Waals surface area contributed by atoms with Crippen LogP contribution in [0.5, 0.6) is 0 Å². The van der Waals surface area contributed by atoms with Gasteiger partial charge in [0.25, 0.3) is 0 Å². The quantitative estimate of drug-likeness (QED) is 0.458. The molecule has 1 aliphatic carbocycles. The maximum absolute atomic E-state index is 6.26. The van der Waals surface area contributed by atoms with Crippen LogP contribution in [0.4, 0.5) is 5.82 Å². The van der Waals surface area contributed by atoms with E-state index >= 15 is 0 Å². The first-order chi connectivity index (χ1) is 15.7. The maximum atomic E-state index is 6.26. The number of nitrogen functional groups attached to an aromatic ring is 1. The van der Waals surface area contributed by atoms with Gasteiger partial charge in [0, 0.05) is 24.1 Å². The maximum Gasteiger partial charge on any atom is 0.165 e. The van der Waals surface area contributed by atoms with Crippen LogP contribution in [0.1, 0.15) is 23.6 Å². The summed E-state index contributed by atoms with van der Waals surface area (Å²) in [7, 11) is 0. The first-order valence-corrected chi connectivity index (χ1v) is 10.5. The number of imidazole rings is 1. The van der Waals surface area contributed by atoms with E-state index < -0.39 is 0 Å². The molecule has 1 aliphatic rings. The number of hydrogen-bond acceptors (Lipinski definition) is 7. The number of pyridine rings is 2. The molecule has 1 aromatic carbocycles. The fourth-order valence-corrected chi connectivity index (χ4v) is 4.35. The summed E-state index contributed by atoms with van der Waals surface area (Å²) in [5, 5.41) is 8.19. The average molecular weight is 420 g/mol. The van der Waals surface area contributed by atoms with E-state index in [9.17, 15) is 0 Å². The summed E-state index contributed by atoms with van der Waals surface area (Å²) in [5.41, 5.74) is 19.6. The number of benzene rings is 1. The number of nitrogens with zero attached hydrogens (tertiary/aromatic N) is 6. The van der Waals surface area contributed by atoms with Gasteiger partial charge in [-0.2, -0.15) is 5.10 Å². The molecular weight excluding hydrogens is 400 g/mol. The SMILES string of the molecule is Nc1ncccc1-c1nc2ccc(-c3cccnn3)nc2n1-c1ccc2c(c1)CC[C@@H]2N. The number of rotatable bonds is 3. The molecule has 8 heteroatoms. The van der Waals surface area contributed by atoms with Crippen LogP contribution in [-0.4, -0.2) is 29.7 Å². The summed E-state index contributed by atoms with van der Waals surface area (Å²) in [5.74, 6) is 1.11. The molecule has 0 fully saturated rings. The zero-order valence-electron chi connectivity index (χ0n) is 17.2. The summed E-state index contributed by atoms with van der Waals surface area (Å²) < 4.78 is 2.03. The van der Waals surface area contributed by atoms with Crippen molar-refractivity contribution in [2.45, 2.75) is 18.9 Å². The van der Waals surface area contributed by atoms with Gasteiger partial charge in [0.1, 0.15) is 17.0 Å². The summed E-state index contributed by atoms with van der Waals surface area (Å²) in [6.45, 7) is 0. The van der Waals surface area contributed by atoms with Crippen LogP contribution in [0.25, 0.3) is 39.6 Å². The third-order valence-corrected chi connectivity index (χ3v) is 5.93. The third-order valence-electron chi connectivity index (χ3n) is 5.93. The Morgan fingerprint density at radius 3 is 2.69 bits per heavy atom. The zero-order chi connectivity index (χ0) is 21.7. The number of hydrogen-bond donors (Lipinski definition) is 2. The first kappa shape index (κ1) is 18.6. The van der Waals surface area contributed by atoms with E-state index in [2.05, 4.69) is 33.4 Å². The summed E-state index contributed by atoms with van der Waals surface area (Å²) >= 11 is 0. The van der Waals surface area contributed by atoms with Crippen LogP contribution in [0.2, 0.25) is 0 Å². The number of aryl methyl sites for hydroxylation is 1. The van der Waals surface area contributed by atoms with Crippen molar-refractivity contribution in [1.82, 2.24) is 29.7 Å². The van der Waals surface area contributed by atoms with Crippen molar-refractivity contribution in [3.05, 3.63) is 78.1 Å². The molecule has 4 N–H and O–H groups in total. The molecule has 0 bridgehead atoms. The lowest BCUT2D eigenvalue weighted by molar-refractivity contribution is 0.713. The summed E-state index contributed by atoms with van der Waals surface area (Å²) in [6, 6.07) is 17.8. The second-order valence-corrected chi connectivity index (χ2v) is 7.88. The fraction of sp³-hybridized carbons (Fsp3) is 0.125. The predicted octanol–water partition coefficient (Wildman–Crippen LogP) is 3.47. The molecule has 5 aromatic rings. The van der Waals surface area contributed by atoms with Gasteiger partial charge in [0.15, 0.2) is 11.5 Å². The molecule has 8 nitrogen and oxygen atoms in total. The minimum Gasteiger partial charge on any atom is -0.383 e. The van der Waals surface area contributed by atoms with Gasteiger partial charge in [-0.05, 0) is 72.5 Å². The van der Waals surface area contributed by atoms with Crippen LogP contribution < -0.4 is 11.5 Å². The molecule has 0 saturated heterocycles. The van der Waals surface area contributed by atoms with Crippen molar-refractivity contribution < 1.29 is 0 Å². The van der Waals surface area contributed by atoms with Gasteiger partial charge < -0.3 is 11.5 Å². The number of aromatic nitrogens is 6. The van der Waals surface area contributed by atoms with Crippen LogP contribution in [0.15, 0.2) is 67.0 Å². The van der Waals surface area contributed by atoms with Crippen LogP contribution in [-0.2, 0) is 6.42 Å². The van der Waals surface area contributed by atoms with E-state index in [1.54, 1.807) is 12.4 Å². The van der Waals surface area contributed by atoms with E-state index in [4.69, 9.17) is 21.4 Å². The number of anilines is 1. The molecule has 0 amide bonds. The second-order valence-electron chi connectivity index (χ2n) is 7.88. The van der Waals surface area contributed by atoms with Gasteiger partial charge in [-0.3, -0.25) is 4.57 Å². The smallest absolute Gasteiger partial charge is 0.165 e. The highest BCUT2D eigenvalue weighted by Gasteiger charge is 2.22. The van der Waals surface area contributed by atoms with Crippen molar-refractivity contribution in [2.24, 2.45) is 5.73 Å². The van der Waals surface area contributed by atoms with Crippen molar-refractivity contribution in [2.75, 3.05) is 5.73 Å². The van der Waals surface area contributed by atoms with Gasteiger partial charge in [0.05, 0.1) is 11.3 Å². The Labute approximate surface area is 184 Å². The molecule has 0 radical (unpaired) electrons. The Bertz CT molecular complexity index is 1460. The molecule has 4 aromatic heterocycles. The summed E-state index contributed by atoms with van der Waals surface area (Å²) in [4.78, 5) is 14.1. The van der Waals surface area contributed by atoms with E-state index in [0.717, 1.165) is 35.3 Å². The Balaban J connectivity index is 1.63. The largest absolute Gasteiger partial charge is 0.383 e. The summed E-state index contributed by atoms with van der Waals surface area (Å²) in [6.07, 6.45) is 5.23. The topological polar surface area (TPSA) is 121 Å². The van der Waals surface area contributed by atoms with Crippen molar-refractivity contribution in [3.8, 4) is 28.5 Å². The lowest BCUT2D eigenvalue weighted by Crippen LogP contribution is -2.06. The minimum absolute atomic E-state index is 0.0911. The van der Waals surface area contributed by atoms with Crippen molar-refractivity contribution in [1.29, 1.82) is 0 Å². The molecule has 6 rings (SSSR count). The van der Waals surface area contributed by atoms with Crippen molar-refractivity contribution >= 4 is 17.0 Å². The highest BCUT2D eigenvalue weighted by molar-refractivity contribution is 5.84. The molecule has 1 atom stereocenters. The van der Waals surface area contributed by atoms with E-state index in [1.807, 2.05) is 41.0 Å². The molecular formula is C24H20N8. The second kappa shape index (κ2) is 7.21. The Hall–Kier alpha value is -4.17. The lowest BCUT2D eigenvalue weighted by atomic mass is 10.1. The van der Waals surface area contributed by atoms with Crippen LogP contribution >= 0.6 is 0 Å².